The number of carbonyl (C=O) groups excluding carboxylic acids is 1. The van der Waals surface area contributed by atoms with E-state index >= 15 is 0 Å². The average molecular weight is 284 g/mol. The van der Waals surface area contributed by atoms with Crippen LogP contribution in [-0.4, -0.2) is 42.2 Å². The van der Waals surface area contributed by atoms with Crippen molar-refractivity contribution in [1.29, 1.82) is 0 Å². The smallest absolute Gasteiger partial charge is 0.238 e. The third-order valence-electron chi connectivity index (χ3n) is 3.23. The second-order valence-corrected chi connectivity index (χ2v) is 4.82. The maximum absolute atomic E-state index is 12.1. The molecule has 4 nitrogen and oxygen atoms in total. The summed E-state index contributed by atoms with van der Waals surface area (Å²) >= 11 is 0. The number of amides is 1. The lowest BCUT2D eigenvalue weighted by Crippen LogP contribution is -2.35. The number of aliphatic hydroxyl groups is 1. The first-order valence-corrected chi connectivity index (χ1v) is 6.96. The van der Waals surface area contributed by atoms with Gasteiger partial charge in [-0.1, -0.05) is 42.5 Å². The van der Waals surface area contributed by atoms with E-state index in [1.165, 1.54) is 0 Å². The Balaban J connectivity index is 2.09. The quantitative estimate of drug-likeness (QED) is 0.767. The summed E-state index contributed by atoms with van der Waals surface area (Å²) in [6, 6.07) is 13.8. The Kier molecular flexibility index (Phi) is 5.49. The minimum Gasteiger partial charge on any atom is -0.395 e. The minimum absolute atomic E-state index is 0.0232. The molecule has 0 heterocycles. The molecule has 1 amide bonds. The fourth-order valence-corrected chi connectivity index (χ4v) is 2.29. The van der Waals surface area contributed by atoms with Crippen LogP contribution in [0.2, 0.25) is 0 Å². The average Bonchev–Trinajstić information content (AvgIpc) is 2.48. The molecule has 2 N–H and O–H groups in total. The van der Waals surface area contributed by atoms with E-state index in [0.717, 1.165) is 16.5 Å². The summed E-state index contributed by atoms with van der Waals surface area (Å²) in [4.78, 5) is 14.0. The lowest BCUT2D eigenvalue weighted by Gasteiger charge is -2.19. The fourth-order valence-electron chi connectivity index (χ4n) is 2.29. The number of hydrogen-bond acceptors (Lipinski definition) is 3. The maximum Gasteiger partial charge on any atom is 0.238 e. The minimum atomic E-state index is -0.0957. The van der Waals surface area contributed by atoms with Crippen LogP contribution in [0.25, 0.3) is 10.8 Å². The van der Waals surface area contributed by atoms with E-state index in [0.29, 0.717) is 13.1 Å². The van der Waals surface area contributed by atoms with Gasteiger partial charge in [0.15, 0.2) is 0 Å². The zero-order valence-corrected chi connectivity index (χ0v) is 12.0. The number of anilines is 1. The Hall–Kier alpha value is -2.17. The van der Waals surface area contributed by atoms with Crippen LogP contribution in [0.1, 0.15) is 0 Å². The third kappa shape index (κ3) is 4.15. The number of aliphatic hydroxyl groups excluding tert-OH is 1. The van der Waals surface area contributed by atoms with Crippen LogP contribution in [0, 0.1) is 0 Å². The summed E-state index contributed by atoms with van der Waals surface area (Å²) in [6.07, 6.45) is 1.72. The van der Waals surface area contributed by atoms with Crippen molar-refractivity contribution in [3.63, 3.8) is 0 Å². The number of nitrogens with zero attached hydrogens (tertiary/aromatic N) is 1. The van der Waals surface area contributed by atoms with Crippen LogP contribution < -0.4 is 5.32 Å². The summed E-state index contributed by atoms with van der Waals surface area (Å²) in [6.45, 7) is 4.94. The normalized spacial score (nSPS) is 10.8. The van der Waals surface area contributed by atoms with Gasteiger partial charge in [-0.2, -0.15) is 0 Å². The highest BCUT2D eigenvalue weighted by Crippen LogP contribution is 2.22. The van der Waals surface area contributed by atoms with Crippen molar-refractivity contribution in [3.8, 4) is 0 Å². The van der Waals surface area contributed by atoms with Crippen LogP contribution in [0.4, 0.5) is 5.69 Å². The van der Waals surface area contributed by atoms with Gasteiger partial charge in [-0.15, -0.1) is 6.58 Å². The first kappa shape index (κ1) is 15.2. The number of nitrogens with one attached hydrogen (secondary N) is 1. The van der Waals surface area contributed by atoms with Crippen molar-refractivity contribution in [2.75, 3.05) is 31.6 Å². The Morgan fingerprint density at radius 3 is 2.76 bits per heavy atom. The predicted octanol–water partition coefficient (Wildman–Crippen LogP) is 2.26. The number of hydrogen-bond donors (Lipinski definition) is 2. The van der Waals surface area contributed by atoms with Gasteiger partial charge in [-0.3, -0.25) is 9.69 Å². The first-order valence-electron chi connectivity index (χ1n) is 6.96. The molecule has 0 atom stereocenters. The molecule has 0 fully saturated rings. The van der Waals surface area contributed by atoms with Gasteiger partial charge in [-0.05, 0) is 11.5 Å². The van der Waals surface area contributed by atoms with Crippen molar-refractivity contribution in [3.05, 3.63) is 55.1 Å². The van der Waals surface area contributed by atoms with E-state index in [4.69, 9.17) is 5.11 Å². The molecule has 0 radical (unpaired) electrons. The van der Waals surface area contributed by atoms with E-state index in [9.17, 15) is 4.79 Å². The molecule has 0 bridgehead atoms. The van der Waals surface area contributed by atoms with E-state index in [1.807, 2.05) is 47.4 Å². The zero-order chi connectivity index (χ0) is 15.1. The highest BCUT2D eigenvalue weighted by Gasteiger charge is 2.10. The molecule has 0 aliphatic rings. The molecule has 0 spiro atoms. The Morgan fingerprint density at radius 1 is 1.24 bits per heavy atom. The Bertz CT molecular complexity index is 620. The first-order chi connectivity index (χ1) is 10.2. The zero-order valence-electron chi connectivity index (χ0n) is 12.0. The molecule has 0 saturated carbocycles. The van der Waals surface area contributed by atoms with Gasteiger partial charge in [0.1, 0.15) is 0 Å². The van der Waals surface area contributed by atoms with Crippen LogP contribution in [0.3, 0.4) is 0 Å². The molecule has 0 aromatic heterocycles. The topological polar surface area (TPSA) is 52.6 Å². The molecule has 2 rings (SSSR count). The molecule has 4 heteroatoms. The van der Waals surface area contributed by atoms with Gasteiger partial charge in [0, 0.05) is 24.2 Å². The summed E-state index contributed by atoms with van der Waals surface area (Å²) in [5.74, 6) is -0.0957. The number of benzene rings is 2. The molecule has 21 heavy (non-hydrogen) atoms. The van der Waals surface area contributed by atoms with Crippen LogP contribution in [-0.2, 0) is 4.79 Å². The molecule has 0 saturated heterocycles. The van der Waals surface area contributed by atoms with E-state index in [2.05, 4.69) is 11.9 Å². The number of rotatable bonds is 7. The third-order valence-corrected chi connectivity index (χ3v) is 3.23. The standard InChI is InChI=1S/C17H20N2O2/c1-2-10-19(11-12-20)13-17(21)18-16-9-5-7-14-6-3-4-8-15(14)16/h2-9,20H,1,10-13H2,(H,18,21). The van der Waals surface area contributed by atoms with Crippen LogP contribution in [0.15, 0.2) is 55.1 Å². The second-order valence-electron chi connectivity index (χ2n) is 4.82. The van der Waals surface area contributed by atoms with Crippen LogP contribution in [0.5, 0.6) is 0 Å². The SMILES string of the molecule is C=CCN(CCO)CC(=O)Nc1cccc2ccccc12. The van der Waals surface area contributed by atoms with E-state index in [-0.39, 0.29) is 19.1 Å². The van der Waals surface area contributed by atoms with Gasteiger partial charge >= 0.3 is 0 Å². The Labute approximate surface area is 124 Å². The lowest BCUT2D eigenvalue weighted by atomic mass is 10.1. The highest BCUT2D eigenvalue weighted by molar-refractivity contribution is 6.02. The second kappa shape index (κ2) is 7.57. The summed E-state index contributed by atoms with van der Waals surface area (Å²) in [7, 11) is 0. The summed E-state index contributed by atoms with van der Waals surface area (Å²) < 4.78 is 0. The van der Waals surface area contributed by atoms with E-state index in [1.54, 1.807) is 6.08 Å². The van der Waals surface area contributed by atoms with E-state index < -0.39 is 0 Å². The molecular weight excluding hydrogens is 264 g/mol. The van der Waals surface area contributed by atoms with Gasteiger partial charge < -0.3 is 10.4 Å². The molecule has 0 aliphatic heterocycles. The van der Waals surface area contributed by atoms with Gasteiger partial charge in [0.2, 0.25) is 5.91 Å². The number of carbonyl (C=O) groups is 1. The van der Waals surface area contributed by atoms with Crippen molar-refractivity contribution < 1.29 is 9.90 Å². The summed E-state index contributed by atoms with van der Waals surface area (Å²) in [5, 5.41) is 14.0. The van der Waals surface area contributed by atoms with Gasteiger partial charge in [-0.25, -0.2) is 0 Å². The molecule has 2 aromatic carbocycles. The Morgan fingerprint density at radius 2 is 2.00 bits per heavy atom. The maximum atomic E-state index is 12.1. The molecule has 0 unspecified atom stereocenters. The predicted molar refractivity (Wildman–Crippen MR) is 86.3 cm³/mol. The van der Waals surface area contributed by atoms with Crippen molar-refractivity contribution >= 4 is 22.4 Å². The monoisotopic (exact) mass is 284 g/mol. The van der Waals surface area contributed by atoms with Crippen molar-refractivity contribution in [2.24, 2.45) is 0 Å². The molecular formula is C17H20N2O2. The lowest BCUT2D eigenvalue weighted by molar-refractivity contribution is -0.117. The van der Waals surface area contributed by atoms with Gasteiger partial charge in [0.05, 0.1) is 13.2 Å². The fraction of sp³-hybridized carbons (Fsp3) is 0.235. The molecule has 2 aromatic rings. The number of fused-ring (bicyclic) bond motifs is 1. The summed E-state index contributed by atoms with van der Waals surface area (Å²) in [5.41, 5.74) is 0.806. The van der Waals surface area contributed by atoms with Crippen LogP contribution >= 0.6 is 0 Å². The van der Waals surface area contributed by atoms with Crippen molar-refractivity contribution in [1.82, 2.24) is 4.90 Å². The largest absolute Gasteiger partial charge is 0.395 e. The molecule has 110 valence electrons. The van der Waals surface area contributed by atoms with Gasteiger partial charge in [0.25, 0.3) is 0 Å². The van der Waals surface area contributed by atoms with Crippen molar-refractivity contribution in [2.45, 2.75) is 0 Å². The highest BCUT2D eigenvalue weighted by atomic mass is 16.3. The molecule has 0 aliphatic carbocycles.